The van der Waals surface area contributed by atoms with Gasteiger partial charge in [-0.15, -0.1) is 6.58 Å². The lowest BCUT2D eigenvalue weighted by Crippen LogP contribution is -2.47. The van der Waals surface area contributed by atoms with E-state index in [1.54, 1.807) is 24.8 Å². The Kier molecular flexibility index (Phi) is 8.05. The van der Waals surface area contributed by atoms with Crippen molar-refractivity contribution in [1.29, 1.82) is 0 Å². The van der Waals surface area contributed by atoms with Crippen molar-refractivity contribution in [3.8, 4) is 0 Å². The van der Waals surface area contributed by atoms with Gasteiger partial charge in [-0.1, -0.05) is 6.08 Å². The predicted octanol–water partition coefficient (Wildman–Crippen LogP) is 0.562. The molecule has 1 amide bonds. The third kappa shape index (κ3) is 6.06. The Balaban J connectivity index is 4.43. The molecule has 0 saturated heterocycles. The van der Waals surface area contributed by atoms with E-state index in [4.69, 9.17) is 4.74 Å². The van der Waals surface area contributed by atoms with Crippen LogP contribution in [-0.2, 0) is 14.3 Å². The fourth-order valence-corrected chi connectivity index (χ4v) is 1.39. The highest BCUT2D eigenvalue weighted by atomic mass is 16.5. The lowest BCUT2D eigenvalue weighted by Gasteiger charge is -2.25. The normalized spacial score (nSPS) is 12.0. The third-order valence-corrected chi connectivity index (χ3v) is 2.28. The minimum atomic E-state index is -0.377. The van der Waals surface area contributed by atoms with Gasteiger partial charge < -0.3 is 10.1 Å². The van der Waals surface area contributed by atoms with Gasteiger partial charge in [0.05, 0.1) is 19.2 Å². The van der Waals surface area contributed by atoms with Gasteiger partial charge in [0.15, 0.2) is 0 Å². The molecule has 0 aromatic rings. The molecule has 0 heterocycles. The van der Waals surface area contributed by atoms with E-state index in [-0.39, 0.29) is 24.5 Å². The number of carbonyl (C=O) groups excluding carboxylic acids is 2. The first kappa shape index (κ1) is 15.6. The number of likely N-dealkylation sites (N-methyl/N-ethyl adjacent to an activating group) is 1. The first-order chi connectivity index (χ1) is 8.06. The van der Waals surface area contributed by atoms with Crippen molar-refractivity contribution in [2.24, 2.45) is 0 Å². The molecule has 98 valence electrons. The van der Waals surface area contributed by atoms with E-state index in [1.165, 1.54) is 0 Å². The van der Waals surface area contributed by atoms with Crippen molar-refractivity contribution in [2.45, 2.75) is 26.8 Å². The first-order valence-corrected chi connectivity index (χ1v) is 5.85. The zero-order valence-corrected chi connectivity index (χ0v) is 10.9. The summed E-state index contributed by atoms with van der Waals surface area (Å²) < 4.78 is 4.86. The van der Waals surface area contributed by atoms with E-state index in [9.17, 15) is 9.59 Å². The summed E-state index contributed by atoms with van der Waals surface area (Å²) in [4.78, 5) is 24.8. The van der Waals surface area contributed by atoms with Crippen LogP contribution in [0.15, 0.2) is 12.7 Å². The number of nitrogens with one attached hydrogen (secondary N) is 1. The number of hydrogen-bond donors (Lipinski definition) is 1. The molecule has 0 aliphatic heterocycles. The molecule has 17 heavy (non-hydrogen) atoms. The van der Waals surface area contributed by atoms with Crippen LogP contribution in [0.1, 0.15) is 20.8 Å². The largest absolute Gasteiger partial charge is 0.465 e. The molecule has 0 spiro atoms. The minimum absolute atomic E-state index is 0.0954. The van der Waals surface area contributed by atoms with Crippen LogP contribution in [0, 0.1) is 0 Å². The molecule has 0 radical (unpaired) electrons. The third-order valence-electron chi connectivity index (χ3n) is 2.28. The molecule has 0 fully saturated rings. The van der Waals surface area contributed by atoms with E-state index in [1.807, 2.05) is 6.92 Å². The molecular weight excluding hydrogens is 220 g/mol. The molecule has 0 bridgehead atoms. The monoisotopic (exact) mass is 242 g/mol. The Bertz CT molecular complexity index is 266. The topological polar surface area (TPSA) is 58.6 Å². The molecule has 0 aromatic heterocycles. The smallest absolute Gasteiger partial charge is 0.320 e. The number of amides is 1. The van der Waals surface area contributed by atoms with E-state index in [0.29, 0.717) is 19.7 Å². The maximum absolute atomic E-state index is 11.7. The summed E-state index contributed by atoms with van der Waals surface area (Å²) in [5, 5.41) is 2.72. The summed E-state index contributed by atoms with van der Waals surface area (Å²) in [5.41, 5.74) is 0. The minimum Gasteiger partial charge on any atom is -0.465 e. The Labute approximate surface area is 103 Å². The van der Waals surface area contributed by atoms with Crippen molar-refractivity contribution < 1.29 is 14.3 Å². The van der Waals surface area contributed by atoms with Crippen molar-refractivity contribution in [3.63, 3.8) is 0 Å². The number of carbonyl (C=O) groups is 2. The van der Waals surface area contributed by atoms with Crippen LogP contribution in [0.5, 0.6) is 0 Å². The molecule has 0 aliphatic carbocycles. The number of rotatable bonds is 8. The summed E-state index contributed by atoms with van der Waals surface area (Å²) in [7, 11) is 0. The first-order valence-electron chi connectivity index (χ1n) is 5.85. The molecule has 0 saturated carbocycles. The lowest BCUT2D eigenvalue weighted by molar-refractivity contribution is -0.145. The van der Waals surface area contributed by atoms with Gasteiger partial charge in [0.25, 0.3) is 0 Å². The lowest BCUT2D eigenvalue weighted by atomic mass is 10.2. The number of ether oxygens (including phenoxy) is 1. The Hall–Kier alpha value is -1.36. The Morgan fingerprint density at radius 3 is 2.59 bits per heavy atom. The number of nitrogens with zero attached hydrogens (tertiary/aromatic N) is 1. The van der Waals surface area contributed by atoms with Crippen molar-refractivity contribution in [3.05, 3.63) is 12.7 Å². The molecular formula is C12H22N2O3. The average Bonchev–Trinajstić information content (AvgIpc) is 2.28. The van der Waals surface area contributed by atoms with Crippen LogP contribution in [-0.4, -0.2) is 49.1 Å². The molecule has 5 heteroatoms. The van der Waals surface area contributed by atoms with Crippen LogP contribution in [0.2, 0.25) is 0 Å². The fraction of sp³-hybridized carbons (Fsp3) is 0.667. The zero-order chi connectivity index (χ0) is 13.3. The van der Waals surface area contributed by atoms with Gasteiger partial charge in [-0.25, -0.2) is 0 Å². The number of hydrogen-bond acceptors (Lipinski definition) is 4. The van der Waals surface area contributed by atoms with Crippen LogP contribution in [0.4, 0.5) is 0 Å². The second kappa shape index (κ2) is 8.75. The summed E-state index contributed by atoms with van der Waals surface area (Å²) in [6, 6.07) is -0.377. The Morgan fingerprint density at radius 2 is 2.12 bits per heavy atom. The van der Waals surface area contributed by atoms with Gasteiger partial charge >= 0.3 is 5.97 Å². The summed E-state index contributed by atoms with van der Waals surface area (Å²) in [6.45, 7) is 10.5. The SMILES string of the molecule is C=CCN(CC(=O)OCC)C(C)C(=O)NCC. The zero-order valence-electron chi connectivity index (χ0n) is 10.9. The maximum atomic E-state index is 11.7. The van der Waals surface area contributed by atoms with Gasteiger partial charge in [-0.3, -0.25) is 14.5 Å². The highest BCUT2D eigenvalue weighted by Gasteiger charge is 2.22. The van der Waals surface area contributed by atoms with Gasteiger partial charge in [0.1, 0.15) is 0 Å². The van der Waals surface area contributed by atoms with Crippen molar-refractivity contribution in [1.82, 2.24) is 10.2 Å². The summed E-state index contributed by atoms with van der Waals surface area (Å²) in [6.07, 6.45) is 1.66. The van der Waals surface area contributed by atoms with Gasteiger partial charge in [0.2, 0.25) is 5.91 Å². The van der Waals surface area contributed by atoms with Crippen LogP contribution < -0.4 is 5.32 Å². The average molecular weight is 242 g/mol. The van der Waals surface area contributed by atoms with Crippen molar-refractivity contribution in [2.75, 3.05) is 26.2 Å². The molecule has 1 N–H and O–H groups in total. The van der Waals surface area contributed by atoms with Crippen LogP contribution in [0.25, 0.3) is 0 Å². The van der Waals surface area contributed by atoms with E-state index < -0.39 is 0 Å². The summed E-state index contributed by atoms with van der Waals surface area (Å²) in [5.74, 6) is -0.427. The quantitative estimate of drug-likeness (QED) is 0.499. The van der Waals surface area contributed by atoms with Crippen LogP contribution in [0.3, 0.4) is 0 Å². The fourth-order valence-electron chi connectivity index (χ4n) is 1.39. The molecule has 1 atom stereocenters. The molecule has 5 nitrogen and oxygen atoms in total. The molecule has 0 aliphatic rings. The van der Waals surface area contributed by atoms with Gasteiger partial charge in [-0.05, 0) is 20.8 Å². The molecule has 0 aromatic carbocycles. The highest BCUT2D eigenvalue weighted by Crippen LogP contribution is 2.00. The number of esters is 1. The molecule has 1 unspecified atom stereocenters. The standard InChI is InChI=1S/C12H22N2O3/c1-5-8-14(9-11(15)17-7-3)10(4)12(16)13-6-2/h5,10H,1,6-9H2,2-4H3,(H,13,16). The molecule has 0 rings (SSSR count). The maximum Gasteiger partial charge on any atom is 0.320 e. The van der Waals surface area contributed by atoms with Gasteiger partial charge in [-0.2, -0.15) is 0 Å². The van der Waals surface area contributed by atoms with E-state index in [0.717, 1.165) is 0 Å². The second-order valence-electron chi connectivity index (χ2n) is 3.59. The second-order valence-corrected chi connectivity index (χ2v) is 3.59. The summed E-state index contributed by atoms with van der Waals surface area (Å²) >= 11 is 0. The highest BCUT2D eigenvalue weighted by molar-refractivity contribution is 5.82. The van der Waals surface area contributed by atoms with E-state index in [2.05, 4.69) is 11.9 Å². The van der Waals surface area contributed by atoms with Gasteiger partial charge in [0, 0.05) is 13.1 Å². The van der Waals surface area contributed by atoms with Crippen LogP contribution >= 0.6 is 0 Å². The Morgan fingerprint density at radius 1 is 1.47 bits per heavy atom. The predicted molar refractivity (Wildman–Crippen MR) is 66.5 cm³/mol. The van der Waals surface area contributed by atoms with Crippen molar-refractivity contribution >= 4 is 11.9 Å². The van der Waals surface area contributed by atoms with E-state index >= 15 is 0 Å².